The molecule has 1 aliphatic heterocycles. The summed E-state index contributed by atoms with van der Waals surface area (Å²) < 4.78 is 5.22. The number of carbonyl (C=O) groups is 3. The average molecular weight is 595 g/mol. The normalized spacial score (nSPS) is 18.2. The fourth-order valence-electron chi connectivity index (χ4n) is 5.73. The minimum absolute atomic E-state index is 0.0804. The quantitative estimate of drug-likeness (QED) is 0.361. The first-order chi connectivity index (χ1) is 21.3. The highest BCUT2D eigenvalue weighted by atomic mass is 16.5. The van der Waals surface area contributed by atoms with Gasteiger partial charge >= 0.3 is 0 Å². The summed E-state index contributed by atoms with van der Waals surface area (Å²) >= 11 is 0. The Kier molecular flexibility index (Phi) is 9.77. The van der Waals surface area contributed by atoms with Gasteiger partial charge in [0.2, 0.25) is 5.91 Å². The molecule has 4 N–H and O–H groups in total. The second kappa shape index (κ2) is 14.1. The maximum Gasteiger partial charge on any atom is 0.253 e. The van der Waals surface area contributed by atoms with E-state index in [-0.39, 0.29) is 36.2 Å². The van der Waals surface area contributed by atoms with E-state index in [1.165, 1.54) is 0 Å². The van der Waals surface area contributed by atoms with Crippen LogP contribution >= 0.6 is 0 Å². The molecular formula is C34H38N6O4. The summed E-state index contributed by atoms with van der Waals surface area (Å²) in [5.41, 5.74) is 9.73. The smallest absolute Gasteiger partial charge is 0.253 e. The van der Waals surface area contributed by atoms with Gasteiger partial charge in [-0.3, -0.25) is 14.4 Å². The van der Waals surface area contributed by atoms with Crippen molar-refractivity contribution in [3.8, 4) is 11.8 Å². The van der Waals surface area contributed by atoms with Gasteiger partial charge in [0.1, 0.15) is 5.75 Å². The van der Waals surface area contributed by atoms with Crippen molar-refractivity contribution in [3.63, 3.8) is 0 Å². The first-order valence-corrected chi connectivity index (χ1v) is 15.0. The number of anilines is 2. The van der Waals surface area contributed by atoms with Crippen molar-refractivity contribution in [2.24, 2.45) is 5.73 Å². The number of nitrogens with two attached hydrogens (primary N) is 1. The van der Waals surface area contributed by atoms with Crippen LogP contribution in [0.5, 0.6) is 5.75 Å². The molecule has 0 atom stereocenters. The summed E-state index contributed by atoms with van der Waals surface area (Å²) in [4.78, 5) is 43.4. The van der Waals surface area contributed by atoms with Gasteiger partial charge in [0.25, 0.3) is 11.8 Å². The van der Waals surface area contributed by atoms with E-state index in [9.17, 15) is 14.4 Å². The zero-order chi connectivity index (χ0) is 31.1. The van der Waals surface area contributed by atoms with Crippen LogP contribution in [-0.4, -0.2) is 68.0 Å². The van der Waals surface area contributed by atoms with Gasteiger partial charge < -0.3 is 30.9 Å². The fraction of sp³-hybridized carbons (Fsp3) is 0.353. The SMILES string of the molecule is COc1ccc(CC(=O)Nc2cc(C(=O)NC3CCC(N)CC3)ccc2N2CCN(C(=O)c3ccc(C#N)cc3)CC2)cc1. The number of piperazine rings is 1. The van der Waals surface area contributed by atoms with Gasteiger partial charge in [-0.2, -0.15) is 5.26 Å². The molecule has 1 heterocycles. The lowest BCUT2D eigenvalue weighted by molar-refractivity contribution is -0.115. The summed E-state index contributed by atoms with van der Waals surface area (Å²) in [5, 5.41) is 15.2. The van der Waals surface area contributed by atoms with Crippen molar-refractivity contribution in [1.82, 2.24) is 10.2 Å². The van der Waals surface area contributed by atoms with Crippen LogP contribution in [0, 0.1) is 11.3 Å². The van der Waals surface area contributed by atoms with Crippen LogP contribution in [0.4, 0.5) is 11.4 Å². The lowest BCUT2D eigenvalue weighted by Gasteiger charge is -2.37. The molecule has 1 aliphatic carbocycles. The minimum Gasteiger partial charge on any atom is -0.497 e. The molecule has 5 rings (SSSR count). The number of ether oxygens (including phenoxy) is 1. The molecule has 10 nitrogen and oxygen atoms in total. The van der Waals surface area contributed by atoms with Crippen molar-refractivity contribution in [1.29, 1.82) is 5.26 Å². The van der Waals surface area contributed by atoms with E-state index in [0.717, 1.165) is 36.9 Å². The molecule has 3 amide bonds. The van der Waals surface area contributed by atoms with Crippen molar-refractivity contribution in [3.05, 3.63) is 89.0 Å². The highest BCUT2D eigenvalue weighted by Gasteiger charge is 2.26. The number of amides is 3. The number of carbonyl (C=O) groups excluding carboxylic acids is 3. The van der Waals surface area contributed by atoms with E-state index in [4.69, 9.17) is 15.7 Å². The summed E-state index contributed by atoms with van der Waals surface area (Å²) in [7, 11) is 1.60. The molecule has 1 saturated carbocycles. The highest BCUT2D eigenvalue weighted by Crippen LogP contribution is 2.29. The molecule has 0 radical (unpaired) electrons. The molecular weight excluding hydrogens is 556 g/mol. The van der Waals surface area contributed by atoms with E-state index < -0.39 is 0 Å². The van der Waals surface area contributed by atoms with Crippen LogP contribution in [-0.2, 0) is 11.2 Å². The molecule has 1 saturated heterocycles. The summed E-state index contributed by atoms with van der Waals surface area (Å²) in [6.07, 6.45) is 3.63. The standard InChI is InChI=1S/C34H38N6O4/c1-44-29-13-4-23(5-14-29)20-32(41)38-30-21-26(33(42)37-28-11-9-27(36)10-12-28)8-15-31(30)39-16-18-40(19-17-39)34(43)25-6-2-24(22-35)3-7-25/h2-8,13-15,21,27-28H,9-12,16-20,36H2,1H3,(H,37,42)(H,38,41). The van der Waals surface area contributed by atoms with Crippen molar-refractivity contribution in [2.75, 3.05) is 43.5 Å². The topological polar surface area (TPSA) is 141 Å². The molecule has 0 bridgehead atoms. The minimum atomic E-state index is -0.204. The van der Waals surface area contributed by atoms with E-state index in [2.05, 4.69) is 21.6 Å². The highest BCUT2D eigenvalue weighted by molar-refractivity contribution is 6.00. The monoisotopic (exact) mass is 594 g/mol. The van der Waals surface area contributed by atoms with Crippen LogP contribution in [0.2, 0.25) is 0 Å². The van der Waals surface area contributed by atoms with Crippen LogP contribution in [0.15, 0.2) is 66.7 Å². The van der Waals surface area contributed by atoms with Gasteiger partial charge in [-0.1, -0.05) is 12.1 Å². The Morgan fingerprint density at radius 2 is 1.57 bits per heavy atom. The third-order valence-corrected chi connectivity index (χ3v) is 8.33. The van der Waals surface area contributed by atoms with Gasteiger partial charge in [-0.25, -0.2) is 0 Å². The Hall–Kier alpha value is -4.88. The number of nitrogens with one attached hydrogen (secondary N) is 2. The van der Waals surface area contributed by atoms with Crippen LogP contribution in [0.1, 0.15) is 57.5 Å². The van der Waals surface area contributed by atoms with Crippen LogP contribution < -0.4 is 26.0 Å². The molecule has 44 heavy (non-hydrogen) atoms. The van der Waals surface area contributed by atoms with Gasteiger partial charge in [0, 0.05) is 49.4 Å². The molecule has 228 valence electrons. The predicted molar refractivity (Wildman–Crippen MR) is 169 cm³/mol. The molecule has 2 fully saturated rings. The predicted octanol–water partition coefficient (Wildman–Crippen LogP) is 3.71. The van der Waals surface area contributed by atoms with Crippen molar-refractivity contribution < 1.29 is 19.1 Å². The third kappa shape index (κ3) is 7.54. The summed E-state index contributed by atoms with van der Waals surface area (Å²) in [5.74, 6) is 0.245. The zero-order valence-electron chi connectivity index (χ0n) is 24.9. The molecule has 3 aromatic rings. The number of hydrogen-bond donors (Lipinski definition) is 3. The average Bonchev–Trinajstić information content (AvgIpc) is 3.06. The first-order valence-electron chi connectivity index (χ1n) is 15.0. The Labute approximate surface area is 257 Å². The molecule has 2 aliphatic rings. The maximum atomic E-state index is 13.2. The molecule has 3 aromatic carbocycles. The summed E-state index contributed by atoms with van der Waals surface area (Å²) in [6.45, 7) is 2.09. The second-order valence-corrected chi connectivity index (χ2v) is 11.4. The Bertz CT molecular complexity index is 1520. The number of nitrogens with zero attached hydrogens (tertiary/aromatic N) is 3. The lowest BCUT2D eigenvalue weighted by Crippen LogP contribution is -2.49. The maximum absolute atomic E-state index is 13.2. The van der Waals surface area contributed by atoms with Gasteiger partial charge in [0.15, 0.2) is 0 Å². The Morgan fingerprint density at radius 3 is 2.20 bits per heavy atom. The first kappa shape index (κ1) is 30.6. The van der Waals surface area contributed by atoms with E-state index in [1.807, 2.05) is 30.3 Å². The fourth-order valence-corrected chi connectivity index (χ4v) is 5.73. The molecule has 10 heteroatoms. The van der Waals surface area contributed by atoms with Gasteiger partial charge in [0.05, 0.1) is 36.5 Å². The van der Waals surface area contributed by atoms with Crippen LogP contribution in [0.25, 0.3) is 0 Å². The molecule has 0 spiro atoms. The van der Waals surface area contributed by atoms with E-state index in [1.54, 1.807) is 48.4 Å². The van der Waals surface area contributed by atoms with E-state index >= 15 is 0 Å². The number of rotatable bonds is 8. The van der Waals surface area contributed by atoms with Crippen molar-refractivity contribution in [2.45, 2.75) is 44.2 Å². The number of benzene rings is 3. The Balaban J connectivity index is 1.30. The summed E-state index contributed by atoms with van der Waals surface area (Å²) in [6, 6.07) is 21.7. The number of hydrogen-bond acceptors (Lipinski definition) is 7. The second-order valence-electron chi connectivity index (χ2n) is 11.4. The van der Waals surface area contributed by atoms with Gasteiger partial charge in [-0.05, 0) is 85.8 Å². The van der Waals surface area contributed by atoms with Gasteiger partial charge in [-0.15, -0.1) is 0 Å². The lowest BCUT2D eigenvalue weighted by atomic mass is 9.91. The zero-order valence-corrected chi connectivity index (χ0v) is 24.9. The van der Waals surface area contributed by atoms with Crippen LogP contribution in [0.3, 0.4) is 0 Å². The third-order valence-electron chi connectivity index (χ3n) is 8.33. The molecule has 0 unspecified atom stereocenters. The number of nitriles is 1. The Morgan fingerprint density at radius 1 is 0.909 bits per heavy atom. The van der Waals surface area contributed by atoms with E-state index in [0.29, 0.717) is 54.3 Å². The molecule has 0 aromatic heterocycles. The largest absolute Gasteiger partial charge is 0.497 e. The number of methoxy groups -OCH3 is 1. The van der Waals surface area contributed by atoms with Crippen molar-refractivity contribution >= 4 is 29.1 Å².